The van der Waals surface area contributed by atoms with Gasteiger partial charge in [0.2, 0.25) is 0 Å². The SMILES string of the molecule is CCCn1c(CO)nn(CN(C)Cc2cccc(C#N)c2)c1=S. The highest BCUT2D eigenvalue weighted by Gasteiger charge is 2.11. The summed E-state index contributed by atoms with van der Waals surface area (Å²) < 4.78 is 4.22. The molecule has 1 aromatic carbocycles. The van der Waals surface area contributed by atoms with Crippen LogP contribution in [0.2, 0.25) is 0 Å². The summed E-state index contributed by atoms with van der Waals surface area (Å²) in [5.41, 5.74) is 1.72. The van der Waals surface area contributed by atoms with Gasteiger partial charge < -0.3 is 9.67 Å². The van der Waals surface area contributed by atoms with E-state index >= 15 is 0 Å². The van der Waals surface area contributed by atoms with Crippen LogP contribution in [-0.4, -0.2) is 31.4 Å². The molecule has 2 rings (SSSR count). The first-order chi connectivity index (χ1) is 11.1. The normalized spacial score (nSPS) is 10.9. The maximum Gasteiger partial charge on any atom is 0.199 e. The molecule has 0 spiro atoms. The first-order valence-corrected chi connectivity index (χ1v) is 7.94. The predicted octanol–water partition coefficient (Wildman–Crippen LogP) is 2.28. The van der Waals surface area contributed by atoms with Crippen LogP contribution in [0.1, 0.15) is 30.3 Å². The summed E-state index contributed by atoms with van der Waals surface area (Å²) in [5.74, 6) is 0.594. The van der Waals surface area contributed by atoms with Gasteiger partial charge in [0.15, 0.2) is 10.6 Å². The van der Waals surface area contributed by atoms with Crippen LogP contribution < -0.4 is 0 Å². The Morgan fingerprint density at radius 3 is 2.87 bits per heavy atom. The smallest absolute Gasteiger partial charge is 0.199 e. The topological polar surface area (TPSA) is 70.0 Å². The zero-order valence-electron chi connectivity index (χ0n) is 13.4. The molecular weight excluding hydrogens is 310 g/mol. The van der Waals surface area contributed by atoms with Crippen molar-refractivity contribution >= 4 is 12.2 Å². The average Bonchev–Trinajstić information content (AvgIpc) is 2.84. The Kier molecular flexibility index (Phi) is 6.04. The molecule has 6 nitrogen and oxygen atoms in total. The van der Waals surface area contributed by atoms with Crippen molar-refractivity contribution in [3.63, 3.8) is 0 Å². The van der Waals surface area contributed by atoms with Gasteiger partial charge in [-0.05, 0) is 43.4 Å². The monoisotopic (exact) mass is 331 g/mol. The molecule has 23 heavy (non-hydrogen) atoms. The van der Waals surface area contributed by atoms with E-state index in [1.165, 1.54) is 0 Å². The van der Waals surface area contributed by atoms with Gasteiger partial charge in [0.05, 0.1) is 18.3 Å². The molecule has 0 aliphatic carbocycles. The van der Waals surface area contributed by atoms with Gasteiger partial charge in [0.25, 0.3) is 0 Å². The number of nitrogens with zero attached hydrogens (tertiary/aromatic N) is 5. The number of rotatable bonds is 7. The molecule has 0 aliphatic rings. The van der Waals surface area contributed by atoms with Gasteiger partial charge in [-0.25, -0.2) is 4.68 Å². The molecule has 7 heteroatoms. The highest BCUT2D eigenvalue weighted by atomic mass is 32.1. The first-order valence-electron chi connectivity index (χ1n) is 7.54. The number of aromatic nitrogens is 3. The van der Waals surface area contributed by atoms with Crippen molar-refractivity contribution < 1.29 is 5.11 Å². The lowest BCUT2D eigenvalue weighted by Gasteiger charge is -2.16. The Labute approximate surface area is 141 Å². The van der Waals surface area contributed by atoms with Crippen LogP contribution in [0, 0.1) is 16.1 Å². The molecule has 0 bridgehead atoms. The molecule has 0 saturated carbocycles. The van der Waals surface area contributed by atoms with E-state index in [0.29, 0.717) is 29.4 Å². The second-order valence-corrected chi connectivity index (χ2v) is 5.84. The molecule has 0 unspecified atom stereocenters. The summed E-state index contributed by atoms with van der Waals surface area (Å²) in [5, 5.41) is 22.8. The fourth-order valence-electron chi connectivity index (χ4n) is 2.47. The molecular formula is C16H21N5OS. The van der Waals surface area contributed by atoms with E-state index in [-0.39, 0.29) is 6.61 Å². The summed E-state index contributed by atoms with van der Waals surface area (Å²) in [6.45, 7) is 3.91. The molecule has 0 atom stereocenters. The highest BCUT2D eigenvalue weighted by molar-refractivity contribution is 7.71. The fraction of sp³-hybridized carbons (Fsp3) is 0.438. The second kappa shape index (κ2) is 8.02. The van der Waals surface area contributed by atoms with Crippen molar-refractivity contribution in [1.29, 1.82) is 5.26 Å². The van der Waals surface area contributed by atoms with Crippen LogP contribution in [0.3, 0.4) is 0 Å². The van der Waals surface area contributed by atoms with Crippen molar-refractivity contribution in [3.8, 4) is 6.07 Å². The van der Waals surface area contributed by atoms with Crippen molar-refractivity contribution in [2.24, 2.45) is 0 Å². The number of nitriles is 1. The minimum Gasteiger partial charge on any atom is -0.388 e. The number of hydrogen-bond acceptors (Lipinski definition) is 5. The van der Waals surface area contributed by atoms with Crippen LogP contribution in [-0.2, 0) is 26.4 Å². The second-order valence-electron chi connectivity index (χ2n) is 5.48. The number of aliphatic hydroxyl groups is 1. The zero-order valence-corrected chi connectivity index (χ0v) is 14.3. The molecule has 0 amide bonds. The van der Waals surface area contributed by atoms with E-state index in [1.807, 2.05) is 29.8 Å². The molecule has 1 N–H and O–H groups in total. The molecule has 1 aromatic heterocycles. The summed E-state index contributed by atoms with van der Waals surface area (Å²) in [6, 6.07) is 9.69. The number of aliphatic hydroxyl groups excluding tert-OH is 1. The summed E-state index contributed by atoms with van der Waals surface area (Å²) in [4.78, 5) is 2.07. The zero-order chi connectivity index (χ0) is 16.8. The van der Waals surface area contributed by atoms with Crippen molar-refractivity contribution in [3.05, 3.63) is 46.0 Å². The fourth-order valence-corrected chi connectivity index (χ4v) is 2.77. The molecule has 0 aliphatic heterocycles. The highest BCUT2D eigenvalue weighted by Crippen LogP contribution is 2.09. The lowest BCUT2D eigenvalue weighted by atomic mass is 10.1. The van der Waals surface area contributed by atoms with Crippen LogP contribution in [0.25, 0.3) is 0 Å². The molecule has 0 fully saturated rings. The molecule has 0 saturated heterocycles. The Morgan fingerprint density at radius 1 is 1.43 bits per heavy atom. The van der Waals surface area contributed by atoms with Crippen LogP contribution in [0.5, 0.6) is 0 Å². The van der Waals surface area contributed by atoms with E-state index in [4.69, 9.17) is 17.5 Å². The Balaban J connectivity index is 2.12. The predicted molar refractivity (Wildman–Crippen MR) is 89.9 cm³/mol. The summed E-state index contributed by atoms with van der Waals surface area (Å²) in [6.07, 6.45) is 0.934. The van der Waals surface area contributed by atoms with E-state index in [1.54, 1.807) is 10.7 Å². The van der Waals surface area contributed by atoms with Crippen molar-refractivity contribution in [2.75, 3.05) is 7.05 Å². The molecule has 0 radical (unpaired) electrons. The first kappa shape index (κ1) is 17.3. The lowest BCUT2D eigenvalue weighted by molar-refractivity contribution is 0.238. The Morgan fingerprint density at radius 2 is 2.22 bits per heavy atom. The maximum absolute atomic E-state index is 9.42. The summed E-state index contributed by atoms with van der Waals surface area (Å²) >= 11 is 5.45. The largest absolute Gasteiger partial charge is 0.388 e. The maximum atomic E-state index is 9.42. The Bertz CT molecular complexity index is 759. The average molecular weight is 331 g/mol. The van der Waals surface area contributed by atoms with Crippen LogP contribution >= 0.6 is 12.2 Å². The van der Waals surface area contributed by atoms with Crippen LogP contribution in [0.4, 0.5) is 0 Å². The quantitative estimate of drug-likeness (QED) is 0.788. The van der Waals surface area contributed by atoms with Gasteiger partial charge in [-0.1, -0.05) is 19.1 Å². The minimum atomic E-state index is -0.120. The third kappa shape index (κ3) is 4.26. The van der Waals surface area contributed by atoms with Gasteiger partial charge in [0, 0.05) is 13.1 Å². The van der Waals surface area contributed by atoms with E-state index in [2.05, 4.69) is 23.0 Å². The summed E-state index contributed by atoms with van der Waals surface area (Å²) in [7, 11) is 1.97. The Hall–Kier alpha value is -2.01. The molecule has 122 valence electrons. The third-order valence-electron chi connectivity index (χ3n) is 3.47. The van der Waals surface area contributed by atoms with Crippen molar-refractivity contribution in [1.82, 2.24) is 19.2 Å². The number of hydrogen-bond donors (Lipinski definition) is 1. The molecule has 1 heterocycles. The third-order valence-corrected chi connectivity index (χ3v) is 3.90. The van der Waals surface area contributed by atoms with Crippen LogP contribution in [0.15, 0.2) is 24.3 Å². The van der Waals surface area contributed by atoms with Gasteiger partial charge in [-0.2, -0.15) is 10.4 Å². The standard InChI is InChI=1S/C16H21N5OS/c1-3-7-20-15(11-22)18-21(16(20)23)12-19(2)10-14-6-4-5-13(8-14)9-17/h4-6,8,22H,3,7,10-12H2,1-2H3. The van der Waals surface area contributed by atoms with E-state index in [9.17, 15) is 5.11 Å². The van der Waals surface area contributed by atoms with E-state index in [0.717, 1.165) is 18.5 Å². The molecule has 2 aromatic rings. The van der Waals surface area contributed by atoms with Gasteiger partial charge in [-0.15, -0.1) is 0 Å². The van der Waals surface area contributed by atoms with Gasteiger partial charge in [0.1, 0.15) is 6.61 Å². The van der Waals surface area contributed by atoms with Crippen molar-refractivity contribution in [2.45, 2.75) is 39.7 Å². The van der Waals surface area contributed by atoms with E-state index < -0.39 is 0 Å². The minimum absolute atomic E-state index is 0.120. The van der Waals surface area contributed by atoms with Gasteiger partial charge >= 0.3 is 0 Å². The number of benzene rings is 1. The lowest BCUT2D eigenvalue weighted by Crippen LogP contribution is -2.22. The van der Waals surface area contributed by atoms with Gasteiger partial charge in [-0.3, -0.25) is 4.90 Å².